The lowest BCUT2D eigenvalue weighted by Crippen LogP contribution is -2.19. The maximum Gasteiger partial charge on any atom is 0.0146 e. The van der Waals surface area contributed by atoms with Crippen LogP contribution in [0.1, 0.15) is 41.7 Å². The summed E-state index contributed by atoms with van der Waals surface area (Å²) in [4.78, 5) is 1.37. The summed E-state index contributed by atoms with van der Waals surface area (Å²) in [6, 6.07) is 13.7. The van der Waals surface area contributed by atoms with Gasteiger partial charge in [0.25, 0.3) is 0 Å². The van der Waals surface area contributed by atoms with Crippen molar-refractivity contribution in [2.75, 3.05) is 6.26 Å². The van der Waals surface area contributed by atoms with Crippen LogP contribution >= 0.6 is 11.8 Å². The lowest BCUT2D eigenvalue weighted by atomic mass is 9.77. The third-order valence-corrected chi connectivity index (χ3v) is 5.24. The van der Waals surface area contributed by atoms with Crippen LogP contribution in [-0.4, -0.2) is 6.26 Å². The van der Waals surface area contributed by atoms with Crippen molar-refractivity contribution in [2.45, 2.75) is 44.9 Å². The summed E-state index contributed by atoms with van der Waals surface area (Å²) < 4.78 is 0. The summed E-state index contributed by atoms with van der Waals surface area (Å²) in [5, 5.41) is 0. The Hall–Kier alpha value is -1.21. The molecule has 0 unspecified atom stereocenters. The van der Waals surface area contributed by atoms with Crippen LogP contribution in [0.25, 0.3) is 0 Å². The molecule has 0 N–H and O–H groups in total. The van der Waals surface area contributed by atoms with Crippen LogP contribution in [0.15, 0.2) is 41.3 Å². The topological polar surface area (TPSA) is 0 Å². The van der Waals surface area contributed by atoms with Crippen LogP contribution in [0.2, 0.25) is 0 Å². The zero-order valence-electron chi connectivity index (χ0n) is 13.4. The highest BCUT2D eigenvalue weighted by atomic mass is 32.2. The van der Waals surface area contributed by atoms with E-state index in [0.717, 1.165) is 0 Å². The van der Waals surface area contributed by atoms with Crippen molar-refractivity contribution in [2.24, 2.45) is 0 Å². The zero-order valence-corrected chi connectivity index (χ0v) is 14.2. The quantitative estimate of drug-likeness (QED) is 0.655. The normalized spacial score (nSPS) is 11.7. The van der Waals surface area contributed by atoms with Gasteiger partial charge < -0.3 is 0 Å². The second-order valence-corrected chi connectivity index (χ2v) is 6.96. The van der Waals surface area contributed by atoms with Gasteiger partial charge in [-0.05, 0) is 60.9 Å². The van der Waals surface area contributed by atoms with Crippen LogP contribution in [0, 0.1) is 20.8 Å². The van der Waals surface area contributed by atoms with Gasteiger partial charge in [-0.15, -0.1) is 11.8 Å². The van der Waals surface area contributed by atoms with Gasteiger partial charge in [0.15, 0.2) is 0 Å². The molecule has 0 saturated heterocycles. The van der Waals surface area contributed by atoms with Gasteiger partial charge in [-0.2, -0.15) is 0 Å². The minimum atomic E-state index is 0.0418. The van der Waals surface area contributed by atoms with Gasteiger partial charge in [-0.1, -0.05) is 44.2 Å². The highest BCUT2D eigenvalue weighted by molar-refractivity contribution is 7.98. The molecule has 0 heterocycles. The highest BCUT2D eigenvalue weighted by Crippen LogP contribution is 2.34. The maximum atomic E-state index is 2.33. The molecule has 0 atom stereocenters. The second kappa shape index (κ2) is 5.65. The lowest BCUT2D eigenvalue weighted by molar-refractivity contribution is 0.638. The first-order chi connectivity index (χ1) is 9.36. The molecule has 20 heavy (non-hydrogen) atoms. The molecule has 0 radical (unpaired) electrons. The summed E-state index contributed by atoms with van der Waals surface area (Å²) >= 11 is 1.81. The summed E-state index contributed by atoms with van der Waals surface area (Å²) in [5.41, 5.74) is 6.91. The third-order valence-electron chi connectivity index (χ3n) is 4.35. The van der Waals surface area contributed by atoms with Gasteiger partial charge >= 0.3 is 0 Å². The van der Waals surface area contributed by atoms with Crippen LogP contribution in [-0.2, 0) is 5.41 Å². The third kappa shape index (κ3) is 2.78. The van der Waals surface area contributed by atoms with Gasteiger partial charge in [-0.25, -0.2) is 0 Å². The zero-order chi connectivity index (χ0) is 14.9. The number of hydrogen-bond acceptors (Lipinski definition) is 1. The van der Waals surface area contributed by atoms with E-state index in [1.807, 2.05) is 11.8 Å². The van der Waals surface area contributed by atoms with Gasteiger partial charge in [-0.3, -0.25) is 0 Å². The molecule has 1 heteroatoms. The monoisotopic (exact) mass is 284 g/mol. The van der Waals surface area contributed by atoms with Crippen molar-refractivity contribution in [3.8, 4) is 0 Å². The second-order valence-electron chi connectivity index (χ2n) is 6.11. The van der Waals surface area contributed by atoms with Gasteiger partial charge in [0, 0.05) is 10.3 Å². The molecule has 0 aliphatic rings. The van der Waals surface area contributed by atoms with Crippen LogP contribution < -0.4 is 0 Å². The van der Waals surface area contributed by atoms with E-state index in [-0.39, 0.29) is 5.41 Å². The van der Waals surface area contributed by atoms with Crippen molar-refractivity contribution in [1.82, 2.24) is 0 Å². The van der Waals surface area contributed by atoms with Crippen molar-refractivity contribution in [3.63, 3.8) is 0 Å². The number of rotatable bonds is 3. The molecule has 0 amide bonds. The lowest BCUT2D eigenvalue weighted by Gasteiger charge is -2.27. The molecule has 0 aromatic heterocycles. The summed E-state index contributed by atoms with van der Waals surface area (Å²) in [6.07, 6.45) is 2.14. The Kier molecular flexibility index (Phi) is 4.29. The largest absolute Gasteiger partial charge is 0.129 e. The van der Waals surface area contributed by atoms with E-state index in [0.29, 0.717) is 0 Å². The average molecular weight is 284 g/mol. The fourth-order valence-corrected chi connectivity index (χ4v) is 3.15. The Morgan fingerprint density at radius 1 is 0.750 bits per heavy atom. The smallest absolute Gasteiger partial charge is 0.0146 e. The number of hydrogen-bond donors (Lipinski definition) is 0. The predicted molar refractivity (Wildman–Crippen MR) is 91.0 cm³/mol. The van der Waals surface area contributed by atoms with Crippen LogP contribution in [0.5, 0.6) is 0 Å². The Morgan fingerprint density at radius 3 is 1.80 bits per heavy atom. The SMILES string of the molecule is CSc1ccc(C(C)(C)c2ccc(C)c(C)c2)cc1C. The predicted octanol–water partition coefficient (Wildman–Crippen LogP) is 5.66. The molecule has 0 nitrogen and oxygen atoms in total. The molecule has 0 aliphatic heterocycles. The molecule has 0 bridgehead atoms. The molecule has 0 fully saturated rings. The molecular weight excluding hydrogens is 260 g/mol. The molecule has 106 valence electrons. The van der Waals surface area contributed by atoms with Crippen molar-refractivity contribution < 1.29 is 0 Å². The minimum Gasteiger partial charge on any atom is -0.129 e. The molecule has 2 aromatic carbocycles. The number of benzene rings is 2. The maximum absolute atomic E-state index is 2.33. The Morgan fingerprint density at radius 2 is 1.30 bits per heavy atom. The van der Waals surface area contributed by atoms with E-state index < -0.39 is 0 Å². The van der Waals surface area contributed by atoms with Crippen LogP contribution in [0.3, 0.4) is 0 Å². The summed E-state index contributed by atoms with van der Waals surface area (Å²) in [7, 11) is 0. The fraction of sp³-hybridized carbons (Fsp3) is 0.368. The Labute approximate surface area is 127 Å². The van der Waals surface area contributed by atoms with E-state index in [4.69, 9.17) is 0 Å². The molecule has 0 saturated carbocycles. The number of aryl methyl sites for hydroxylation is 3. The number of thioether (sulfide) groups is 1. The van der Waals surface area contributed by atoms with E-state index in [2.05, 4.69) is 77.3 Å². The van der Waals surface area contributed by atoms with Crippen molar-refractivity contribution >= 4 is 11.8 Å². The van der Waals surface area contributed by atoms with Gasteiger partial charge in [0.2, 0.25) is 0 Å². The van der Waals surface area contributed by atoms with Crippen molar-refractivity contribution in [3.05, 3.63) is 64.2 Å². The molecular formula is C19H24S. The highest BCUT2D eigenvalue weighted by Gasteiger charge is 2.23. The van der Waals surface area contributed by atoms with E-state index in [1.54, 1.807) is 0 Å². The standard InChI is InChI=1S/C19H24S/c1-13-7-8-16(11-14(13)2)19(4,5)17-9-10-18(20-6)15(3)12-17/h7-12H,1-6H3. The van der Waals surface area contributed by atoms with Gasteiger partial charge in [0.05, 0.1) is 0 Å². The fourth-order valence-electron chi connectivity index (χ4n) is 2.56. The Balaban J connectivity index is 2.48. The average Bonchev–Trinajstić information content (AvgIpc) is 2.41. The van der Waals surface area contributed by atoms with Crippen LogP contribution in [0.4, 0.5) is 0 Å². The molecule has 0 spiro atoms. The van der Waals surface area contributed by atoms with E-state index >= 15 is 0 Å². The first-order valence-electron chi connectivity index (χ1n) is 7.09. The molecule has 0 aliphatic carbocycles. The van der Waals surface area contributed by atoms with E-state index in [9.17, 15) is 0 Å². The Bertz CT molecular complexity index is 624. The first kappa shape index (κ1) is 15.2. The van der Waals surface area contributed by atoms with Gasteiger partial charge in [0.1, 0.15) is 0 Å². The first-order valence-corrected chi connectivity index (χ1v) is 8.31. The molecule has 2 aromatic rings. The van der Waals surface area contributed by atoms with E-state index in [1.165, 1.54) is 32.7 Å². The molecule has 2 rings (SSSR count). The minimum absolute atomic E-state index is 0.0418. The summed E-state index contributed by atoms with van der Waals surface area (Å²) in [5.74, 6) is 0. The van der Waals surface area contributed by atoms with Crippen molar-refractivity contribution in [1.29, 1.82) is 0 Å². The summed E-state index contributed by atoms with van der Waals surface area (Å²) in [6.45, 7) is 11.2.